The second-order valence-corrected chi connectivity index (χ2v) is 4.80. The van der Waals surface area contributed by atoms with Crippen molar-refractivity contribution in [3.05, 3.63) is 46.0 Å². The maximum Gasteiger partial charge on any atom is 0.101 e. The first-order valence-electron chi connectivity index (χ1n) is 5.40. The Balaban J connectivity index is 2.23. The summed E-state index contributed by atoms with van der Waals surface area (Å²) in [4.78, 5) is 0. The Kier molecular flexibility index (Phi) is 3.60. The standard InChI is InChI=1S/C13H15BrO/c14-12-9-5-4-8-11(12)13(15)10-6-2-1-3-7-10/h4-6,8-9,13,15H,1-3,7H2. The molecule has 0 aromatic heterocycles. The van der Waals surface area contributed by atoms with Gasteiger partial charge in [-0.1, -0.05) is 40.2 Å². The van der Waals surface area contributed by atoms with E-state index in [0.717, 1.165) is 22.9 Å². The number of halogens is 1. The van der Waals surface area contributed by atoms with E-state index in [4.69, 9.17) is 0 Å². The number of aliphatic hydroxyl groups is 1. The van der Waals surface area contributed by atoms with Crippen LogP contribution < -0.4 is 0 Å². The number of rotatable bonds is 2. The largest absolute Gasteiger partial charge is 0.384 e. The van der Waals surface area contributed by atoms with E-state index in [0.29, 0.717) is 0 Å². The van der Waals surface area contributed by atoms with E-state index < -0.39 is 6.10 Å². The highest BCUT2D eigenvalue weighted by molar-refractivity contribution is 9.10. The fraction of sp³-hybridized carbons (Fsp3) is 0.385. The normalized spacial score (nSPS) is 18.4. The predicted molar refractivity (Wildman–Crippen MR) is 65.7 cm³/mol. The van der Waals surface area contributed by atoms with E-state index in [-0.39, 0.29) is 0 Å². The van der Waals surface area contributed by atoms with Gasteiger partial charge in [0, 0.05) is 4.47 Å². The smallest absolute Gasteiger partial charge is 0.101 e. The van der Waals surface area contributed by atoms with Gasteiger partial charge in [-0.05, 0) is 42.9 Å². The summed E-state index contributed by atoms with van der Waals surface area (Å²) in [5, 5.41) is 10.2. The first-order valence-corrected chi connectivity index (χ1v) is 6.20. The summed E-state index contributed by atoms with van der Waals surface area (Å²) in [6.45, 7) is 0. The average Bonchev–Trinajstić information content (AvgIpc) is 2.30. The topological polar surface area (TPSA) is 20.2 Å². The zero-order valence-electron chi connectivity index (χ0n) is 8.62. The highest BCUT2D eigenvalue weighted by Gasteiger charge is 2.16. The minimum absolute atomic E-state index is 0.430. The summed E-state index contributed by atoms with van der Waals surface area (Å²) in [5.74, 6) is 0. The van der Waals surface area contributed by atoms with Crippen molar-refractivity contribution in [2.24, 2.45) is 0 Å². The molecule has 0 bridgehead atoms. The van der Waals surface area contributed by atoms with Gasteiger partial charge < -0.3 is 5.11 Å². The fourth-order valence-corrected chi connectivity index (χ4v) is 2.51. The van der Waals surface area contributed by atoms with Gasteiger partial charge in [0.1, 0.15) is 6.10 Å². The molecule has 1 aliphatic rings. The molecule has 1 aromatic carbocycles. The highest BCUT2D eigenvalue weighted by atomic mass is 79.9. The van der Waals surface area contributed by atoms with Crippen LogP contribution in [-0.4, -0.2) is 5.11 Å². The van der Waals surface area contributed by atoms with Gasteiger partial charge in [0.2, 0.25) is 0 Å². The summed E-state index contributed by atoms with van der Waals surface area (Å²) in [5.41, 5.74) is 2.15. The minimum atomic E-state index is -0.430. The van der Waals surface area contributed by atoms with Crippen molar-refractivity contribution >= 4 is 15.9 Å². The van der Waals surface area contributed by atoms with Gasteiger partial charge in [-0.3, -0.25) is 0 Å². The van der Waals surface area contributed by atoms with Gasteiger partial charge in [-0.2, -0.15) is 0 Å². The number of benzene rings is 1. The molecule has 0 aliphatic heterocycles. The number of allylic oxidation sites excluding steroid dienone is 1. The van der Waals surface area contributed by atoms with E-state index in [2.05, 4.69) is 22.0 Å². The molecular formula is C13H15BrO. The maximum atomic E-state index is 10.2. The molecule has 0 spiro atoms. The first kappa shape index (κ1) is 10.9. The van der Waals surface area contributed by atoms with Crippen LogP contribution in [0.2, 0.25) is 0 Å². The lowest BCUT2D eigenvalue weighted by molar-refractivity contribution is 0.207. The van der Waals surface area contributed by atoms with Crippen LogP contribution in [-0.2, 0) is 0 Å². The molecule has 0 saturated carbocycles. The Morgan fingerprint density at radius 3 is 2.67 bits per heavy atom. The van der Waals surface area contributed by atoms with Gasteiger partial charge in [0.25, 0.3) is 0 Å². The second-order valence-electron chi connectivity index (χ2n) is 3.95. The van der Waals surface area contributed by atoms with Crippen LogP contribution >= 0.6 is 15.9 Å². The second kappa shape index (κ2) is 4.95. The van der Waals surface area contributed by atoms with Crippen LogP contribution in [0.4, 0.5) is 0 Å². The van der Waals surface area contributed by atoms with Crippen molar-refractivity contribution in [3.63, 3.8) is 0 Å². The zero-order chi connectivity index (χ0) is 10.7. The van der Waals surface area contributed by atoms with Crippen molar-refractivity contribution in [2.75, 3.05) is 0 Å². The Labute approximate surface area is 99.0 Å². The van der Waals surface area contributed by atoms with Crippen LogP contribution in [0, 0.1) is 0 Å². The van der Waals surface area contributed by atoms with E-state index in [1.165, 1.54) is 18.4 Å². The summed E-state index contributed by atoms with van der Waals surface area (Å²) < 4.78 is 0.990. The van der Waals surface area contributed by atoms with Crippen molar-refractivity contribution in [3.8, 4) is 0 Å². The molecule has 1 N–H and O–H groups in total. The molecule has 2 rings (SSSR count). The van der Waals surface area contributed by atoms with E-state index in [1.807, 2.05) is 24.3 Å². The van der Waals surface area contributed by atoms with Gasteiger partial charge in [-0.25, -0.2) is 0 Å². The molecule has 1 aromatic rings. The summed E-state index contributed by atoms with van der Waals surface area (Å²) in [6.07, 6.45) is 6.35. The van der Waals surface area contributed by atoms with Crippen LogP contribution in [0.15, 0.2) is 40.4 Å². The Hall–Kier alpha value is -0.600. The maximum absolute atomic E-state index is 10.2. The van der Waals surface area contributed by atoms with Crippen molar-refractivity contribution < 1.29 is 5.11 Å². The number of hydrogen-bond donors (Lipinski definition) is 1. The van der Waals surface area contributed by atoms with Crippen LogP contribution in [0.25, 0.3) is 0 Å². The molecule has 1 unspecified atom stereocenters. The van der Waals surface area contributed by atoms with E-state index in [1.54, 1.807) is 0 Å². The summed E-state index contributed by atoms with van der Waals surface area (Å²) in [7, 11) is 0. The lowest BCUT2D eigenvalue weighted by Crippen LogP contribution is -2.05. The molecule has 0 heterocycles. The van der Waals surface area contributed by atoms with E-state index >= 15 is 0 Å². The monoisotopic (exact) mass is 266 g/mol. The molecule has 1 nitrogen and oxygen atoms in total. The van der Waals surface area contributed by atoms with Crippen molar-refractivity contribution in [1.29, 1.82) is 0 Å². The summed E-state index contributed by atoms with van der Waals surface area (Å²) in [6, 6.07) is 7.88. The number of aliphatic hydroxyl groups excluding tert-OH is 1. The van der Waals surface area contributed by atoms with Gasteiger partial charge >= 0.3 is 0 Å². The fourth-order valence-electron chi connectivity index (χ4n) is 2.01. The van der Waals surface area contributed by atoms with Gasteiger partial charge in [-0.15, -0.1) is 0 Å². The molecule has 80 valence electrons. The third-order valence-corrected chi connectivity index (χ3v) is 3.60. The molecule has 2 heteroatoms. The van der Waals surface area contributed by atoms with Crippen LogP contribution in [0.3, 0.4) is 0 Å². The predicted octanol–water partition coefficient (Wildman–Crippen LogP) is 3.98. The van der Waals surface area contributed by atoms with Crippen molar-refractivity contribution in [2.45, 2.75) is 31.8 Å². The quantitative estimate of drug-likeness (QED) is 0.803. The first-order chi connectivity index (χ1) is 7.29. The molecule has 0 radical (unpaired) electrons. The summed E-state index contributed by atoms with van der Waals surface area (Å²) >= 11 is 3.48. The molecule has 1 aliphatic carbocycles. The lowest BCUT2D eigenvalue weighted by atomic mass is 9.92. The third-order valence-electron chi connectivity index (χ3n) is 2.88. The van der Waals surface area contributed by atoms with Gasteiger partial charge in [0.15, 0.2) is 0 Å². The van der Waals surface area contributed by atoms with E-state index in [9.17, 15) is 5.11 Å². The van der Waals surface area contributed by atoms with Crippen LogP contribution in [0.1, 0.15) is 37.4 Å². The molecule has 0 fully saturated rings. The van der Waals surface area contributed by atoms with Gasteiger partial charge in [0.05, 0.1) is 0 Å². The average molecular weight is 267 g/mol. The highest BCUT2D eigenvalue weighted by Crippen LogP contribution is 2.33. The lowest BCUT2D eigenvalue weighted by Gasteiger charge is -2.19. The third kappa shape index (κ3) is 2.50. The Bertz CT molecular complexity index is 371. The number of hydrogen-bond acceptors (Lipinski definition) is 1. The molecule has 0 saturated heterocycles. The van der Waals surface area contributed by atoms with Crippen molar-refractivity contribution in [1.82, 2.24) is 0 Å². The Morgan fingerprint density at radius 1 is 1.20 bits per heavy atom. The Morgan fingerprint density at radius 2 is 2.00 bits per heavy atom. The molecule has 1 atom stereocenters. The molecule has 0 amide bonds. The minimum Gasteiger partial charge on any atom is -0.384 e. The zero-order valence-corrected chi connectivity index (χ0v) is 10.2. The SMILES string of the molecule is OC(C1=CCCCC1)c1ccccc1Br. The van der Waals surface area contributed by atoms with Crippen LogP contribution in [0.5, 0.6) is 0 Å². The molecule has 15 heavy (non-hydrogen) atoms. The molecular weight excluding hydrogens is 252 g/mol.